The zero-order valence-electron chi connectivity index (χ0n) is 11.4. The van der Waals surface area contributed by atoms with E-state index in [1.807, 2.05) is 12.1 Å². The van der Waals surface area contributed by atoms with Gasteiger partial charge in [0.25, 0.3) is 5.91 Å². The van der Waals surface area contributed by atoms with Gasteiger partial charge in [-0.05, 0) is 59.0 Å². The minimum absolute atomic E-state index is 0.0118. The number of rotatable bonds is 4. The molecule has 0 saturated heterocycles. The van der Waals surface area contributed by atoms with E-state index in [-0.39, 0.29) is 20.6 Å². The van der Waals surface area contributed by atoms with Crippen molar-refractivity contribution < 1.29 is 14.3 Å². The van der Waals surface area contributed by atoms with Gasteiger partial charge in [-0.3, -0.25) is 4.79 Å². The van der Waals surface area contributed by atoms with Crippen molar-refractivity contribution in [2.24, 2.45) is 0 Å². The Bertz CT molecular complexity index is 750. The molecule has 120 valence electrons. The maximum absolute atomic E-state index is 12.0. The molecule has 8 heteroatoms. The fourth-order valence-electron chi connectivity index (χ4n) is 1.65. The molecule has 0 aliphatic rings. The van der Waals surface area contributed by atoms with Crippen LogP contribution in [0.5, 0.6) is 0 Å². The molecular formula is C15H9Cl3INO3. The second-order valence-corrected chi connectivity index (χ2v) is 6.79. The van der Waals surface area contributed by atoms with E-state index in [1.165, 1.54) is 12.1 Å². The standard InChI is InChI=1S/C15H9Cl3INO3/c16-10-5-6-11(17)14(18)13(10)15(22)23-7-12(21)20-9-3-1-8(19)2-4-9/h1-6H,7H2,(H,20,21). The van der Waals surface area contributed by atoms with Crippen LogP contribution < -0.4 is 5.32 Å². The third kappa shape index (κ3) is 4.97. The molecule has 0 fully saturated rings. The predicted octanol–water partition coefficient (Wildman–Crippen LogP) is 5.05. The van der Waals surface area contributed by atoms with E-state index in [9.17, 15) is 9.59 Å². The Morgan fingerprint density at radius 1 is 1.00 bits per heavy atom. The summed E-state index contributed by atoms with van der Waals surface area (Å²) in [6.07, 6.45) is 0. The number of benzene rings is 2. The highest BCUT2D eigenvalue weighted by Gasteiger charge is 2.19. The minimum Gasteiger partial charge on any atom is -0.452 e. The Kier molecular flexibility index (Phi) is 6.52. The van der Waals surface area contributed by atoms with Crippen LogP contribution in [0.2, 0.25) is 15.1 Å². The van der Waals surface area contributed by atoms with Crippen molar-refractivity contribution in [3.63, 3.8) is 0 Å². The number of hydrogen-bond acceptors (Lipinski definition) is 3. The second-order valence-electron chi connectivity index (χ2n) is 4.35. The number of nitrogens with one attached hydrogen (secondary N) is 1. The Morgan fingerprint density at radius 3 is 2.26 bits per heavy atom. The third-order valence-corrected chi connectivity index (χ3v) is 4.55. The van der Waals surface area contributed by atoms with Crippen LogP contribution in [-0.2, 0) is 9.53 Å². The van der Waals surface area contributed by atoms with Crippen LogP contribution in [-0.4, -0.2) is 18.5 Å². The van der Waals surface area contributed by atoms with E-state index in [1.54, 1.807) is 12.1 Å². The number of amides is 1. The third-order valence-electron chi connectivity index (χ3n) is 2.71. The maximum Gasteiger partial charge on any atom is 0.341 e. The van der Waals surface area contributed by atoms with Gasteiger partial charge in [0.05, 0.1) is 20.6 Å². The summed E-state index contributed by atoms with van der Waals surface area (Å²) in [4.78, 5) is 23.8. The maximum atomic E-state index is 12.0. The fraction of sp³-hybridized carbons (Fsp3) is 0.0667. The molecule has 0 bridgehead atoms. The van der Waals surface area contributed by atoms with E-state index in [2.05, 4.69) is 27.9 Å². The lowest BCUT2D eigenvalue weighted by Gasteiger charge is -2.09. The molecule has 2 aromatic carbocycles. The summed E-state index contributed by atoms with van der Waals surface area (Å²) < 4.78 is 5.96. The minimum atomic E-state index is -0.819. The van der Waals surface area contributed by atoms with Crippen molar-refractivity contribution in [3.8, 4) is 0 Å². The van der Waals surface area contributed by atoms with Gasteiger partial charge in [0.15, 0.2) is 6.61 Å². The highest BCUT2D eigenvalue weighted by Crippen LogP contribution is 2.31. The Hall–Kier alpha value is -1.02. The average molecular weight is 485 g/mol. The number of esters is 1. The smallest absolute Gasteiger partial charge is 0.341 e. The molecule has 23 heavy (non-hydrogen) atoms. The van der Waals surface area contributed by atoms with E-state index in [0.717, 1.165) is 3.57 Å². The zero-order chi connectivity index (χ0) is 17.0. The first-order valence-corrected chi connectivity index (χ1v) is 8.46. The molecule has 0 aromatic heterocycles. The molecule has 2 aromatic rings. The quantitative estimate of drug-likeness (QED) is 0.376. The summed E-state index contributed by atoms with van der Waals surface area (Å²) in [5.41, 5.74) is 0.535. The van der Waals surface area contributed by atoms with Crippen LogP contribution in [0.3, 0.4) is 0 Å². The average Bonchev–Trinajstić information content (AvgIpc) is 2.51. The van der Waals surface area contributed by atoms with Gasteiger partial charge < -0.3 is 10.1 Å². The van der Waals surface area contributed by atoms with Gasteiger partial charge in [-0.15, -0.1) is 0 Å². The van der Waals surface area contributed by atoms with Crippen molar-refractivity contribution in [3.05, 3.63) is 60.6 Å². The molecule has 0 aliphatic heterocycles. The van der Waals surface area contributed by atoms with Gasteiger partial charge in [0.1, 0.15) is 0 Å². The number of anilines is 1. The van der Waals surface area contributed by atoms with Crippen molar-refractivity contribution in [2.45, 2.75) is 0 Å². The number of carbonyl (C=O) groups is 2. The summed E-state index contributed by atoms with van der Waals surface area (Å²) in [5, 5.41) is 2.87. The van der Waals surface area contributed by atoms with Crippen LogP contribution in [0, 0.1) is 3.57 Å². The number of ether oxygens (including phenoxy) is 1. The van der Waals surface area contributed by atoms with Crippen LogP contribution in [0.15, 0.2) is 36.4 Å². The summed E-state index contributed by atoms with van der Waals surface area (Å²) >= 11 is 19.8. The zero-order valence-corrected chi connectivity index (χ0v) is 15.8. The first kappa shape index (κ1) is 18.3. The van der Waals surface area contributed by atoms with Gasteiger partial charge in [-0.25, -0.2) is 4.79 Å². The monoisotopic (exact) mass is 483 g/mol. The highest BCUT2D eigenvalue weighted by atomic mass is 127. The molecule has 2 rings (SSSR count). The molecule has 0 saturated carbocycles. The van der Waals surface area contributed by atoms with E-state index in [4.69, 9.17) is 39.5 Å². The Balaban J connectivity index is 1.98. The second kappa shape index (κ2) is 8.19. The lowest BCUT2D eigenvalue weighted by atomic mass is 10.2. The van der Waals surface area contributed by atoms with Crippen LogP contribution in [0.1, 0.15) is 10.4 Å². The van der Waals surface area contributed by atoms with Crippen molar-refractivity contribution in [2.75, 3.05) is 11.9 Å². The molecule has 4 nitrogen and oxygen atoms in total. The topological polar surface area (TPSA) is 55.4 Å². The van der Waals surface area contributed by atoms with Crippen molar-refractivity contribution in [1.82, 2.24) is 0 Å². The lowest BCUT2D eigenvalue weighted by molar-refractivity contribution is -0.119. The first-order chi connectivity index (χ1) is 10.9. The van der Waals surface area contributed by atoms with Crippen LogP contribution in [0.4, 0.5) is 5.69 Å². The lowest BCUT2D eigenvalue weighted by Crippen LogP contribution is -2.21. The van der Waals surface area contributed by atoms with Crippen LogP contribution in [0.25, 0.3) is 0 Å². The summed E-state index contributed by atoms with van der Waals surface area (Å²) in [7, 11) is 0. The van der Waals surface area contributed by atoms with Gasteiger partial charge >= 0.3 is 5.97 Å². The Morgan fingerprint density at radius 2 is 1.61 bits per heavy atom. The molecule has 0 atom stereocenters. The summed E-state index contributed by atoms with van der Waals surface area (Å²) in [6.45, 7) is -0.468. The molecule has 0 spiro atoms. The van der Waals surface area contributed by atoms with Crippen molar-refractivity contribution >= 4 is 75.0 Å². The highest BCUT2D eigenvalue weighted by molar-refractivity contribution is 14.1. The van der Waals surface area contributed by atoms with E-state index >= 15 is 0 Å². The Labute approximate surface area is 161 Å². The van der Waals surface area contributed by atoms with Gasteiger partial charge in [-0.2, -0.15) is 0 Å². The number of carbonyl (C=O) groups excluding carboxylic acids is 2. The van der Waals surface area contributed by atoms with Crippen molar-refractivity contribution in [1.29, 1.82) is 0 Å². The van der Waals surface area contributed by atoms with Gasteiger partial charge in [-0.1, -0.05) is 34.8 Å². The molecule has 0 aliphatic carbocycles. The van der Waals surface area contributed by atoms with E-state index < -0.39 is 18.5 Å². The molecule has 1 amide bonds. The predicted molar refractivity (Wildman–Crippen MR) is 99.5 cm³/mol. The SMILES string of the molecule is O=C(COC(=O)c1c(Cl)ccc(Cl)c1Cl)Nc1ccc(I)cc1. The van der Waals surface area contributed by atoms with Gasteiger partial charge in [0, 0.05) is 9.26 Å². The number of halogens is 4. The normalized spacial score (nSPS) is 10.3. The summed E-state index contributed by atoms with van der Waals surface area (Å²) in [6, 6.07) is 10.1. The molecule has 0 unspecified atom stereocenters. The van der Waals surface area contributed by atoms with Crippen LogP contribution >= 0.6 is 57.4 Å². The summed E-state index contributed by atoms with van der Waals surface area (Å²) in [5.74, 6) is -1.30. The van der Waals surface area contributed by atoms with Gasteiger partial charge in [0.2, 0.25) is 0 Å². The molecule has 0 radical (unpaired) electrons. The molecule has 0 heterocycles. The first-order valence-electron chi connectivity index (χ1n) is 6.24. The van der Waals surface area contributed by atoms with E-state index in [0.29, 0.717) is 5.69 Å². The number of hydrogen-bond donors (Lipinski definition) is 1. The molecular weight excluding hydrogens is 475 g/mol. The molecule has 1 N–H and O–H groups in total. The largest absolute Gasteiger partial charge is 0.452 e. The fourth-order valence-corrected chi connectivity index (χ4v) is 2.69.